The molecule has 5 rings (SSSR count). The van der Waals surface area contributed by atoms with Gasteiger partial charge in [-0.3, -0.25) is 19.3 Å². The minimum Gasteiger partial charge on any atom is -0.492 e. The molecule has 2 aromatic carbocycles. The number of ether oxygens (including phenoxy) is 1. The van der Waals surface area contributed by atoms with E-state index in [2.05, 4.69) is 15.9 Å². The number of amides is 3. The first kappa shape index (κ1) is 23.7. The topological polar surface area (TPSA) is 71.9 Å². The molecule has 0 unspecified atom stereocenters. The lowest BCUT2D eigenvalue weighted by atomic mass is 10.1. The van der Waals surface area contributed by atoms with Crippen LogP contribution in [-0.4, -0.2) is 57.7 Å². The van der Waals surface area contributed by atoms with Gasteiger partial charge < -0.3 is 14.2 Å². The van der Waals surface area contributed by atoms with E-state index in [0.29, 0.717) is 10.7 Å². The van der Waals surface area contributed by atoms with Crippen LogP contribution < -0.4 is 4.74 Å². The number of carbonyl (C=O) groups is 3. The van der Waals surface area contributed by atoms with Gasteiger partial charge in [0.25, 0.3) is 11.1 Å². The first-order valence-corrected chi connectivity index (χ1v) is 13.1. The highest BCUT2D eigenvalue weighted by Crippen LogP contribution is 2.35. The Bertz CT molecular complexity index is 1310. The van der Waals surface area contributed by atoms with Crippen LogP contribution in [0.1, 0.15) is 18.4 Å². The number of nitrogens with zero attached hydrogens (tertiary/aromatic N) is 3. The molecule has 0 N–H and O–H groups in total. The Hall–Kier alpha value is -3.04. The Labute approximate surface area is 215 Å². The van der Waals surface area contributed by atoms with Crippen LogP contribution in [0.15, 0.2) is 64.1 Å². The minimum atomic E-state index is -0.333. The third-order valence-electron chi connectivity index (χ3n) is 6.13. The number of benzene rings is 2. The van der Waals surface area contributed by atoms with Gasteiger partial charge in [-0.05, 0) is 61.0 Å². The molecule has 3 heterocycles. The maximum Gasteiger partial charge on any atom is 0.293 e. The number of carbonyl (C=O) groups excluding carboxylic acids is 3. The van der Waals surface area contributed by atoms with E-state index in [1.165, 1.54) is 4.90 Å². The largest absolute Gasteiger partial charge is 0.492 e. The van der Waals surface area contributed by atoms with Crippen LogP contribution in [0.25, 0.3) is 17.0 Å². The van der Waals surface area contributed by atoms with Gasteiger partial charge in [0.05, 0.1) is 11.4 Å². The van der Waals surface area contributed by atoms with E-state index < -0.39 is 0 Å². The molecule has 2 fully saturated rings. The van der Waals surface area contributed by atoms with Crippen molar-refractivity contribution in [3.8, 4) is 5.75 Å². The number of hydrogen-bond acceptors (Lipinski definition) is 5. The summed E-state index contributed by atoms with van der Waals surface area (Å²) in [7, 11) is 0. The van der Waals surface area contributed by atoms with Gasteiger partial charge in [0.2, 0.25) is 5.91 Å². The van der Waals surface area contributed by atoms with Crippen molar-refractivity contribution >= 4 is 61.7 Å². The summed E-state index contributed by atoms with van der Waals surface area (Å²) in [4.78, 5) is 41.8. The number of halogens is 1. The van der Waals surface area contributed by atoms with E-state index in [0.717, 1.165) is 58.6 Å². The highest BCUT2D eigenvalue weighted by atomic mass is 79.9. The Morgan fingerprint density at radius 2 is 1.86 bits per heavy atom. The first-order valence-electron chi connectivity index (χ1n) is 11.5. The Kier molecular flexibility index (Phi) is 6.97. The predicted molar refractivity (Wildman–Crippen MR) is 140 cm³/mol. The maximum absolute atomic E-state index is 13.0. The van der Waals surface area contributed by atoms with Crippen LogP contribution in [0.5, 0.6) is 5.75 Å². The standard InChI is InChI=1S/C26H24BrN3O4S/c27-19-8-9-22-21(15-19)18(16-29(22)17-24(31)28-10-4-5-11-28)14-23-25(32)30(26(33)35-23)12-13-34-20-6-2-1-3-7-20/h1-3,6-9,14-16H,4-5,10-13,17H2/b23-14-. The molecule has 0 spiro atoms. The predicted octanol–water partition coefficient (Wildman–Crippen LogP) is 5.14. The van der Waals surface area contributed by atoms with E-state index >= 15 is 0 Å². The lowest BCUT2D eigenvalue weighted by Gasteiger charge is -2.16. The van der Waals surface area contributed by atoms with Crippen LogP contribution in [0.2, 0.25) is 0 Å². The van der Waals surface area contributed by atoms with Crippen molar-refractivity contribution in [1.82, 2.24) is 14.4 Å². The van der Waals surface area contributed by atoms with Gasteiger partial charge in [-0.2, -0.15) is 0 Å². The molecule has 0 aliphatic carbocycles. The first-order chi connectivity index (χ1) is 17.0. The Morgan fingerprint density at radius 1 is 1.09 bits per heavy atom. The number of likely N-dealkylation sites (tertiary alicyclic amines) is 1. The molecule has 3 aromatic rings. The number of hydrogen-bond donors (Lipinski definition) is 0. The molecule has 2 aliphatic heterocycles. The molecule has 9 heteroatoms. The molecule has 35 heavy (non-hydrogen) atoms. The second-order valence-corrected chi connectivity index (χ2v) is 10.4. The maximum atomic E-state index is 13.0. The molecule has 2 saturated heterocycles. The lowest BCUT2D eigenvalue weighted by molar-refractivity contribution is -0.130. The van der Waals surface area contributed by atoms with Gasteiger partial charge in [-0.15, -0.1) is 0 Å². The Morgan fingerprint density at radius 3 is 2.63 bits per heavy atom. The molecule has 180 valence electrons. The summed E-state index contributed by atoms with van der Waals surface area (Å²) in [6.07, 6.45) is 5.72. The Balaban J connectivity index is 1.35. The summed E-state index contributed by atoms with van der Waals surface area (Å²) >= 11 is 4.44. The average Bonchev–Trinajstić information content (AvgIpc) is 3.56. The van der Waals surface area contributed by atoms with Gasteiger partial charge in [-0.1, -0.05) is 34.1 Å². The van der Waals surface area contributed by atoms with Crippen molar-refractivity contribution in [1.29, 1.82) is 0 Å². The number of rotatable bonds is 7. The summed E-state index contributed by atoms with van der Waals surface area (Å²) in [6, 6.07) is 15.1. The quantitative estimate of drug-likeness (QED) is 0.379. The smallest absolute Gasteiger partial charge is 0.293 e. The van der Waals surface area contributed by atoms with E-state index in [-0.39, 0.29) is 36.7 Å². The van der Waals surface area contributed by atoms with Crippen molar-refractivity contribution in [2.24, 2.45) is 0 Å². The van der Waals surface area contributed by atoms with E-state index in [4.69, 9.17) is 4.74 Å². The van der Waals surface area contributed by atoms with E-state index in [9.17, 15) is 14.4 Å². The molecule has 7 nitrogen and oxygen atoms in total. The van der Waals surface area contributed by atoms with Crippen LogP contribution in [0.4, 0.5) is 4.79 Å². The van der Waals surface area contributed by atoms with Crippen molar-refractivity contribution in [3.05, 3.63) is 69.7 Å². The zero-order chi connectivity index (χ0) is 24.4. The second-order valence-electron chi connectivity index (χ2n) is 8.46. The number of aromatic nitrogens is 1. The fourth-order valence-corrected chi connectivity index (χ4v) is 5.58. The SMILES string of the molecule is O=C(Cn1cc(/C=C2\SC(=O)N(CCOc3ccccc3)C2=O)c2cc(Br)ccc21)N1CCCC1. The molecule has 0 atom stereocenters. The fourth-order valence-electron chi connectivity index (χ4n) is 4.36. The number of fused-ring (bicyclic) bond motifs is 1. The lowest BCUT2D eigenvalue weighted by Crippen LogP contribution is -2.32. The van der Waals surface area contributed by atoms with Crippen LogP contribution in [-0.2, 0) is 16.1 Å². The number of imide groups is 1. The third-order valence-corrected chi connectivity index (χ3v) is 7.53. The molecule has 0 radical (unpaired) electrons. The second kappa shape index (κ2) is 10.3. The minimum absolute atomic E-state index is 0.0904. The van der Waals surface area contributed by atoms with E-state index in [1.807, 2.05) is 64.2 Å². The monoisotopic (exact) mass is 553 g/mol. The van der Waals surface area contributed by atoms with Crippen LogP contribution in [0.3, 0.4) is 0 Å². The zero-order valence-electron chi connectivity index (χ0n) is 19.0. The third kappa shape index (κ3) is 5.16. The average molecular weight is 554 g/mol. The van der Waals surface area contributed by atoms with Crippen LogP contribution >= 0.6 is 27.7 Å². The van der Waals surface area contributed by atoms with Gasteiger partial charge in [0.1, 0.15) is 18.9 Å². The summed E-state index contributed by atoms with van der Waals surface area (Å²) < 4.78 is 8.47. The molecule has 2 aliphatic rings. The summed E-state index contributed by atoms with van der Waals surface area (Å²) in [5.41, 5.74) is 1.70. The molecule has 0 bridgehead atoms. The molecule has 3 amide bonds. The van der Waals surface area contributed by atoms with Crippen LogP contribution in [0, 0.1) is 0 Å². The van der Waals surface area contributed by atoms with E-state index in [1.54, 1.807) is 6.08 Å². The van der Waals surface area contributed by atoms with Gasteiger partial charge >= 0.3 is 0 Å². The normalized spacial score (nSPS) is 17.2. The summed E-state index contributed by atoms with van der Waals surface area (Å²) in [6.45, 7) is 2.24. The van der Waals surface area contributed by atoms with Crippen molar-refractivity contribution in [2.75, 3.05) is 26.2 Å². The van der Waals surface area contributed by atoms with Crippen molar-refractivity contribution in [3.63, 3.8) is 0 Å². The molecular weight excluding hydrogens is 530 g/mol. The van der Waals surface area contributed by atoms with Gasteiger partial charge in [0.15, 0.2) is 0 Å². The van der Waals surface area contributed by atoms with Gasteiger partial charge in [0, 0.05) is 40.2 Å². The molecule has 0 saturated carbocycles. The highest BCUT2D eigenvalue weighted by Gasteiger charge is 2.35. The van der Waals surface area contributed by atoms with Crippen molar-refractivity contribution < 1.29 is 19.1 Å². The number of para-hydroxylation sites is 1. The molecule has 1 aromatic heterocycles. The fraction of sp³-hybridized carbons (Fsp3) is 0.269. The summed E-state index contributed by atoms with van der Waals surface area (Å²) in [5.74, 6) is 0.449. The summed E-state index contributed by atoms with van der Waals surface area (Å²) in [5, 5.41) is 0.597. The number of thioether (sulfide) groups is 1. The molecular formula is C26H24BrN3O4S. The van der Waals surface area contributed by atoms with Gasteiger partial charge in [-0.25, -0.2) is 0 Å². The highest BCUT2D eigenvalue weighted by molar-refractivity contribution is 9.10. The van der Waals surface area contributed by atoms with Crippen molar-refractivity contribution in [2.45, 2.75) is 19.4 Å². The zero-order valence-corrected chi connectivity index (χ0v) is 21.4.